The number of hydrogen-bond donors (Lipinski definition) is 2. The molecule has 142 valence electrons. The molecule has 0 spiro atoms. The lowest BCUT2D eigenvalue weighted by molar-refractivity contribution is -0.121. The molecular weight excluding hydrogens is 354 g/mol. The number of halogens is 2. The third kappa shape index (κ3) is 5.37. The van der Waals surface area contributed by atoms with E-state index in [0.29, 0.717) is 11.3 Å². The molecule has 7 heteroatoms. The van der Waals surface area contributed by atoms with Gasteiger partial charge in [-0.25, -0.2) is 8.78 Å². The zero-order chi connectivity index (χ0) is 20.0. The highest BCUT2D eigenvalue weighted by molar-refractivity contribution is 5.98. The van der Waals surface area contributed by atoms with Crippen LogP contribution in [0, 0.1) is 11.6 Å². The van der Waals surface area contributed by atoms with Crippen molar-refractivity contribution in [1.82, 2.24) is 5.32 Å². The van der Waals surface area contributed by atoms with Crippen LogP contribution >= 0.6 is 0 Å². The summed E-state index contributed by atoms with van der Waals surface area (Å²) in [6.07, 6.45) is 1.13. The van der Waals surface area contributed by atoms with Crippen molar-refractivity contribution in [2.45, 2.75) is 19.4 Å². The summed E-state index contributed by atoms with van der Waals surface area (Å²) in [6, 6.07) is 7.97. The Morgan fingerprint density at radius 1 is 1.22 bits per heavy atom. The Bertz CT molecular complexity index is 845. The number of carbonyl (C=O) groups is 2. The summed E-state index contributed by atoms with van der Waals surface area (Å²) in [6.45, 7) is 4.86. The van der Waals surface area contributed by atoms with Crippen molar-refractivity contribution in [3.05, 3.63) is 71.8 Å². The normalized spacial score (nSPS) is 11.4. The number of hydrogen-bond acceptors (Lipinski definition) is 3. The average molecular weight is 374 g/mol. The zero-order valence-corrected chi connectivity index (χ0v) is 15.0. The number of ether oxygens (including phenoxy) is 1. The van der Waals surface area contributed by atoms with Gasteiger partial charge < -0.3 is 15.4 Å². The number of nitrogens with one attached hydrogen (secondary N) is 2. The third-order valence-corrected chi connectivity index (χ3v) is 3.84. The molecule has 5 nitrogen and oxygen atoms in total. The standard InChI is InChI=1S/C20H20F2N2O3/c1-4-18(25)24-14-7-5-6-13(8-14)9-19(26)23-12(2)20-16(21)10-15(27-3)11-17(20)22/h4-8,10-12H,1,9H2,2-3H3,(H,23,26)(H,24,25). The largest absolute Gasteiger partial charge is 0.497 e. The van der Waals surface area contributed by atoms with Gasteiger partial charge in [0.05, 0.1) is 19.6 Å². The molecule has 0 bridgehead atoms. The van der Waals surface area contributed by atoms with E-state index in [1.165, 1.54) is 14.0 Å². The van der Waals surface area contributed by atoms with Crippen LogP contribution in [0.4, 0.5) is 14.5 Å². The highest BCUT2D eigenvalue weighted by Gasteiger charge is 2.20. The lowest BCUT2D eigenvalue weighted by Crippen LogP contribution is -2.29. The van der Waals surface area contributed by atoms with Crippen LogP contribution in [0.5, 0.6) is 5.75 Å². The SMILES string of the molecule is C=CC(=O)Nc1cccc(CC(=O)NC(C)c2c(F)cc(OC)cc2F)c1. The summed E-state index contributed by atoms with van der Waals surface area (Å²) in [5.41, 5.74) is 0.916. The topological polar surface area (TPSA) is 67.4 Å². The van der Waals surface area contributed by atoms with E-state index in [1.807, 2.05) is 0 Å². The summed E-state index contributed by atoms with van der Waals surface area (Å²) >= 11 is 0. The summed E-state index contributed by atoms with van der Waals surface area (Å²) in [7, 11) is 1.31. The second-order valence-corrected chi connectivity index (χ2v) is 5.86. The van der Waals surface area contributed by atoms with Gasteiger partial charge >= 0.3 is 0 Å². The molecule has 0 saturated heterocycles. The quantitative estimate of drug-likeness (QED) is 0.729. The van der Waals surface area contributed by atoms with Gasteiger partial charge in [-0.2, -0.15) is 0 Å². The molecule has 0 saturated carbocycles. The number of rotatable bonds is 7. The highest BCUT2D eigenvalue weighted by Crippen LogP contribution is 2.25. The van der Waals surface area contributed by atoms with E-state index in [-0.39, 0.29) is 23.6 Å². The molecule has 0 aliphatic carbocycles. The minimum Gasteiger partial charge on any atom is -0.497 e. The Kier molecular flexibility index (Phi) is 6.65. The molecule has 2 aromatic carbocycles. The van der Waals surface area contributed by atoms with E-state index in [9.17, 15) is 18.4 Å². The van der Waals surface area contributed by atoms with Crippen LogP contribution in [-0.2, 0) is 16.0 Å². The van der Waals surface area contributed by atoms with Crippen LogP contribution in [0.2, 0.25) is 0 Å². The monoisotopic (exact) mass is 374 g/mol. The average Bonchev–Trinajstić information content (AvgIpc) is 2.60. The smallest absolute Gasteiger partial charge is 0.247 e. The van der Waals surface area contributed by atoms with Crippen molar-refractivity contribution in [1.29, 1.82) is 0 Å². The van der Waals surface area contributed by atoms with Crippen LogP contribution < -0.4 is 15.4 Å². The number of amides is 2. The maximum absolute atomic E-state index is 14.1. The van der Waals surface area contributed by atoms with Gasteiger partial charge in [-0.05, 0) is 30.7 Å². The fourth-order valence-corrected chi connectivity index (χ4v) is 2.59. The van der Waals surface area contributed by atoms with Crippen molar-refractivity contribution in [2.75, 3.05) is 12.4 Å². The van der Waals surface area contributed by atoms with E-state index in [1.54, 1.807) is 24.3 Å². The van der Waals surface area contributed by atoms with E-state index >= 15 is 0 Å². The van der Waals surface area contributed by atoms with Gasteiger partial charge in [0.15, 0.2) is 0 Å². The predicted molar refractivity (Wildman–Crippen MR) is 98.4 cm³/mol. The Morgan fingerprint density at radius 2 is 1.89 bits per heavy atom. The number of methoxy groups -OCH3 is 1. The van der Waals surface area contributed by atoms with Crippen LogP contribution in [0.15, 0.2) is 49.1 Å². The van der Waals surface area contributed by atoms with Gasteiger partial charge in [-0.3, -0.25) is 9.59 Å². The van der Waals surface area contributed by atoms with Gasteiger partial charge in [0.2, 0.25) is 11.8 Å². The zero-order valence-electron chi connectivity index (χ0n) is 15.0. The fourth-order valence-electron chi connectivity index (χ4n) is 2.59. The molecule has 27 heavy (non-hydrogen) atoms. The van der Waals surface area contributed by atoms with Gasteiger partial charge in [0, 0.05) is 23.4 Å². The molecule has 2 rings (SSSR count). The lowest BCUT2D eigenvalue weighted by atomic mass is 10.1. The summed E-state index contributed by atoms with van der Waals surface area (Å²) < 4.78 is 33.0. The highest BCUT2D eigenvalue weighted by atomic mass is 19.1. The first-order valence-corrected chi connectivity index (χ1v) is 8.18. The lowest BCUT2D eigenvalue weighted by Gasteiger charge is -2.17. The molecule has 0 fully saturated rings. The molecule has 0 heterocycles. The second kappa shape index (κ2) is 8.93. The minimum absolute atomic E-state index is 0.0124. The van der Waals surface area contributed by atoms with Crippen molar-refractivity contribution < 1.29 is 23.1 Å². The Morgan fingerprint density at radius 3 is 2.48 bits per heavy atom. The molecule has 2 aromatic rings. The summed E-state index contributed by atoms with van der Waals surface area (Å²) in [5.74, 6) is -2.31. The molecule has 0 aliphatic rings. The molecular formula is C20H20F2N2O3. The minimum atomic E-state index is -0.868. The Hall–Kier alpha value is -3.22. The maximum atomic E-state index is 14.1. The van der Waals surface area contributed by atoms with Gasteiger partial charge in [-0.15, -0.1) is 0 Å². The maximum Gasteiger partial charge on any atom is 0.247 e. The summed E-state index contributed by atoms with van der Waals surface area (Å²) in [5, 5.41) is 5.17. The van der Waals surface area contributed by atoms with Crippen LogP contribution in [0.25, 0.3) is 0 Å². The van der Waals surface area contributed by atoms with Crippen LogP contribution in [0.3, 0.4) is 0 Å². The van der Waals surface area contributed by atoms with E-state index < -0.39 is 23.6 Å². The third-order valence-electron chi connectivity index (χ3n) is 3.84. The second-order valence-electron chi connectivity index (χ2n) is 5.86. The summed E-state index contributed by atoms with van der Waals surface area (Å²) in [4.78, 5) is 23.6. The number of carbonyl (C=O) groups excluding carboxylic acids is 2. The molecule has 0 radical (unpaired) electrons. The predicted octanol–water partition coefficient (Wildman–Crippen LogP) is 3.52. The number of anilines is 1. The molecule has 1 atom stereocenters. The first kappa shape index (κ1) is 20.1. The van der Waals surface area contributed by atoms with E-state index in [0.717, 1.165) is 18.2 Å². The van der Waals surface area contributed by atoms with Crippen molar-refractivity contribution in [3.63, 3.8) is 0 Å². The first-order valence-electron chi connectivity index (χ1n) is 8.18. The molecule has 2 N–H and O–H groups in total. The van der Waals surface area contributed by atoms with Gasteiger partial charge in [-0.1, -0.05) is 18.7 Å². The molecule has 1 unspecified atom stereocenters. The van der Waals surface area contributed by atoms with Crippen LogP contribution in [-0.4, -0.2) is 18.9 Å². The van der Waals surface area contributed by atoms with Crippen molar-refractivity contribution >= 4 is 17.5 Å². The Balaban J connectivity index is 2.07. The van der Waals surface area contributed by atoms with Crippen LogP contribution in [0.1, 0.15) is 24.1 Å². The first-order chi connectivity index (χ1) is 12.8. The molecule has 2 amide bonds. The van der Waals surface area contributed by atoms with Gasteiger partial charge in [0.1, 0.15) is 17.4 Å². The van der Waals surface area contributed by atoms with Gasteiger partial charge in [0.25, 0.3) is 0 Å². The van der Waals surface area contributed by atoms with Crippen molar-refractivity contribution in [3.8, 4) is 5.75 Å². The van der Waals surface area contributed by atoms with E-state index in [2.05, 4.69) is 17.2 Å². The molecule has 0 aliphatic heterocycles. The number of benzene rings is 2. The fraction of sp³-hybridized carbons (Fsp3) is 0.200. The molecule has 0 aromatic heterocycles. The Labute approximate surface area is 156 Å². The van der Waals surface area contributed by atoms with E-state index in [4.69, 9.17) is 4.74 Å². The van der Waals surface area contributed by atoms with Crippen molar-refractivity contribution in [2.24, 2.45) is 0 Å².